The third-order valence-corrected chi connectivity index (χ3v) is 2.34. The van der Waals surface area contributed by atoms with Crippen molar-refractivity contribution in [2.45, 2.75) is 6.92 Å². The van der Waals surface area contributed by atoms with E-state index >= 15 is 0 Å². The number of hydrogen-bond acceptors (Lipinski definition) is 2. The van der Waals surface area contributed by atoms with Crippen molar-refractivity contribution in [2.75, 3.05) is 7.05 Å². The summed E-state index contributed by atoms with van der Waals surface area (Å²) >= 11 is 5.21. The van der Waals surface area contributed by atoms with Crippen molar-refractivity contribution < 1.29 is 9.59 Å². The molecule has 0 bridgehead atoms. The second-order valence-corrected chi connectivity index (χ2v) is 3.68. The molecule has 4 heteroatoms. The van der Waals surface area contributed by atoms with Crippen LogP contribution in [0.25, 0.3) is 6.08 Å². The highest BCUT2D eigenvalue weighted by Gasteiger charge is 2.15. The lowest BCUT2D eigenvalue weighted by atomic mass is 10.1. The zero-order chi connectivity index (χ0) is 12.1. The molecule has 0 fully saturated rings. The molecule has 2 amide bonds. The molecular weight excluding hydrogens is 226 g/mol. The summed E-state index contributed by atoms with van der Waals surface area (Å²) in [4.78, 5) is 23.3. The number of likely N-dealkylation sites (N-methyl/N-ethyl adjacent to an activating group) is 1. The number of carbonyl (C=O) groups excluding carboxylic acids is 2. The van der Waals surface area contributed by atoms with Crippen LogP contribution in [0.2, 0.25) is 0 Å². The number of benzene rings is 1. The first-order valence-electron chi connectivity index (χ1n) is 4.73. The van der Waals surface area contributed by atoms with Gasteiger partial charge in [0, 0.05) is 12.6 Å². The molecule has 0 unspecified atom stereocenters. The van der Waals surface area contributed by atoms with Gasteiger partial charge in [0.2, 0.25) is 0 Å². The average Bonchev–Trinajstić information content (AvgIpc) is 2.28. The van der Waals surface area contributed by atoms with E-state index in [0.29, 0.717) is 5.57 Å². The molecule has 0 radical (unpaired) electrons. The van der Waals surface area contributed by atoms with Crippen LogP contribution in [0.5, 0.6) is 0 Å². The first kappa shape index (κ1) is 12.5. The lowest BCUT2D eigenvalue weighted by Crippen LogP contribution is -2.29. The van der Waals surface area contributed by atoms with Gasteiger partial charge in [0.1, 0.15) is 0 Å². The average molecular weight is 238 g/mol. The summed E-state index contributed by atoms with van der Waals surface area (Å²) in [7, 11) is 1.35. The van der Waals surface area contributed by atoms with E-state index in [1.54, 1.807) is 13.0 Å². The molecule has 0 saturated carbocycles. The molecule has 84 valence electrons. The molecule has 0 atom stereocenters. The third kappa shape index (κ3) is 3.21. The van der Waals surface area contributed by atoms with Crippen molar-refractivity contribution in [1.29, 1.82) is 0 Å². The Bertz CT molecular complexity index is 426. The summed E-state index contributed by atoms with van der Waals surface area (Å²) in [6, 6.07) is 9.39. The quantitative estimate of drug-likeness (QED) is 0.451. The number of halogens is 1. The molecule has 16 heavy (non-hydrogen) atoms. The zero-order valence-electron chi connectivity index (χ0n) is 9.11. The van der Waals surface area contributed by atoms with Gasteiger partial charge < -0.3 is 0 Å². The molecule has 1 rings (SSSR count). The summed E-state index contributed by atoms with van der Waals surface area (Å²) in [5.41, 5.74) is 1.37. The highest BCUT2D eigenvalue weighted by atomic mass is 35.5. The number of imide groups is 1. The third-order valence-electron chi connectivity index (χ3n) is 2.09. The fourth-order valence-electron chi connectivity index (χ4n) is 1.21. The topological polar surface area (TPSA) is 37.4 Å². The number of nitrogens with zero attached hydrogens (tertiary/aromatic N) is 1. The van der Waals surface area contributed by atoms with Gasteiger partial charge in [-0.3, -0.25) is 14.5 Å². The highest BCUT2D eigenvalue weighted by Crippen LogP contribution is 2.09. The van der Waals surface area contributed by atoms with Crippen LogP contribution in [0.15, 0.2) is 35.9 Å². The molecular formula is C12H12ClNO2. The van der Waals surface area contributed by atoms with Crippen molar-refractivity contribution in [2.24, 2.45) is 0 Å². The summed E-state index contributed by atoms with van der Waals surface area (Å²) < 4.78 is 0. The van der Waals surface area contributed by atoms with E-state index in [4.69, 9.17) is 11.6 Å². The normalized spacial score (nSPS) is 11.1. The maximum absolute atomic E-state index is 11.6. The minimum atomic E-state index is -0.786. The van der Waals surface area contributed by atoms with Crippen molar-refractivity contribution in [3.8, 4) is 0 Å². The monoisotopic (exact) mass is 237 g/mol. The summed E-state index contributed by atoms with van der Waals surface area (Å²) in [5.74, 6) is -0.399. The fourth-order valence-corrected chi connectivity index (χ4v) is 1.28. The number of hydrogen-bond donors (Lipinski definition) is 0. The largest absolute Gasteiger partial charge is 0.323 e. The molecule has 0 aliphatic carbocycles. The first-order chi connectivity index (χ1) is 7.52. The van der Waals surface area contributed by atoms with Crippen LogP contribution in [-0.2, 0) is 4.79 Å². The van der Waals surface area contributed by atoms with E-state index in [2.05, 4.69) is 0 Å². The molecule has 1 aromatic rings. The Labute approximate surface area is 99.3 Å². The maximum atomic E-state index is 11.6. The predicted octanol–water partition coefficient (Wildman–Crippen LogP) is 2.91. The standard InChI is InChI=1S/C12H12ClNO2/c1-9(11(15)14(2)12(13)16)8-10-6-4-3-5-7-10/h3-8H,1-2H3/b9-8+. The van der Waals surface area contributed by atoms with E-state index in [-0.39, 0.29) is 0 Å². The van der Waals surface area contributed by atoms with E-state index in [1.807, 2.05) is 30.3 Å². The molecule has 0 aliphatic heterocycles. The van der Waals surface area contributed by atoms with E-state index < -0.39 is 11.3 Å². The summed E-state index contributed by atoms with van der Waals surface area (Å²) in [6.45, 7) is 1.64. The molecule has 3 nitrogen and oxygen atoms in total. The van der Waals surface area contributed by atoms with Gasteiger partial charge in [0.15, 0.2) is 0 Å². The van der Waals surface area contributed by atoms with Crippen molar-refractivity contribution >= 4 is 29.0 Å². The second-order valence-electron chi connectivity index (χ2n) is 3.36. The van der Waals surface area contributed by atoms with Crippen LogP contribution in [0.4, 0.5) is 4.79 Å². The van der Waals surface area contributed by atoms with Crippen LogP contribution in [0.1, 0.15) is 12.5 Å². The first-order valence-corrected chi connectivity index (χ1v) is 5.11. The lowest BCUT2D eigenvalue weighted by molar-refractivity contribution is -0.122. The molecule has 0 N–H and O–H groups in total. The van der Waals surface area contributed by atoms with Gasteiger partial charge in [0.25, 0.3) is 5.91 Å². The van der Waals surface area contributed by atoms with Crippen molar-refractivity contribution in [1.82, 2.24) is 4.90 Å². The summed E-state index contributed by atoms with van der Waals surface area (Å²) in [5, 5.41) is -0.786. The Balaban J connectivity index is 2.86. The number of carbonyl (C=O) groups is 2. The van der Waals surface area contributed by atoms with Crippen molar-refractivity contribution in [3.05, 3.63) is 41.5 Å². The zero-order valence-corrected chi connectivity index (χ0v) is 9.86. The Morgan fingerprint density at radius 3 is 2.31 bits per heavy atom. The molecule has 0 aromatic heterocycles. The fraction of sp³-hybridized carbons (Fsp3) is 0.167. The van der Waals surface area contributed by atoms with Gasteiger partial charge >= 0.3 is 5.37 Å². The predicted molar refractivity (Wildman–Crippen MR) is 64.1 cm³/mol. The molecule has 0 spiro atoms. The molecule has 0 heterocycles. The second kappa shape index (κ2) is 5.47. The Morgan fingerprint density at radius 1 is 1.25 bits per heavy atom. The van der Waals surface area contributed by atoms with Gasteiger partial charge in [0.05, 0.1) is 0 Å². The van der Waals surface area contributed by atoms with Crippen LogP contribution in [0.3, 0.4) is 0 Å². The van der Waals surface area contributed by atoms with Crippen LogP contribution < -0.4 is 0 Å². The van der Waals surface area contributed by atoms with Crippen LogP contribution in [-0.4, -0.2) is 23.2 Å². The minimum absolute atomic E-state index is 0.399. The van der Waals surface area contributed by atoms with Gasteiger partial charge in [-0.25, -0.2) is 0 Å². The van der Waals surface area contributed by atoms with E-state index in [0.717, 1.165) is 10.5 Å². The SMILES string of the molecule is C/C(=C\c1ccccc1)C(=O)N(C)C(=O)Cl. The Morgan fingerprint density at radius 2 is 1.81 bits per heavy atom. The smallest absolute Gasteiger partial charge is 0.269 e. The van der Waals surface area contributed by atoms with Crippen molar-refractivity contribution in [3.63, 3.8) is 0 Å². The molecule has 0 saturated heterocycles. The van der Waals surface area contributed by atoms with Gasteiger partial charge in [-0.1, -0.05) is 30.3 Å². The van der Waals surface area contributed by atoms with Crippen LogP contribution >= 0.6 is 11.6 Å². The molecule has 0 aliphatic rings. The Kier molecular flexibility index (Phi) is 4.26. The number of amides is 2. The van der Waals surface area contributed by atoms with Gasteiger partial charge in [-0.05, 0) is 30.2 Å². The summed E-state index contributed by atoms with van der Waals surface area (Å²) in [6.07, 6.45) is 1.71. The molecule has 1 aromatic carbocycles. The number of rotatable bonds is 2. The minimum Gasteiger partial charge on any atom is -0.269 e. The lowest BCUT2D eigenvalue weighted by Gasteiger charge is -2.11. The van der Waals surface area contributed by atoms with E-state index in [9.17, 15) is 9.59 Å². The van der Waals surface area contributed by atoms with Crippen LogP contribution in [0, 0.1) is 0 Å². The highest BCUT2D eigenvalue weighted by molar-refractivity contribution is 6.64. The van der Waals surface area contributed by atoms with Gasteiger partial charge in [-0.2, -0.15) is 0 Å². The van der Waals surface area contributed by atoms with E-state index in [1.165, 1.54) is 7.05 Å². The van der Waals surface area contributed by atoms with Gasteiger partial charge in [-0.15, -0.1) is 0 Å². The maximum Gasteiger partial charge on any atom is 0.323 e. The Hall–Kier alpha value is -1.61.